The first-order valence-electron chi connectivity index (χ1n) is 6.28. The number of carbonyl (C=O) groups is 1. The highest BCUT2D eigenvalue weighted by molar-refractivity contribution is 6.11. The molecule has 90 valence electrons. The second kappa shape index (κ2) is 6.28. The van der Waals surface area contributed by atoms with Crippen LogP contribution in [0.15, 0.2) is 0 Å². The minimum absolute atomic E-state index is 0.0903. The predicted octanol–water partition coefficient (Wildman–Crippen LogP) is 1.55. The standard InChI is InChI=1S/C12H22BNO2/c1-4-6-10-7-14(8-11(13)16-10)12(15)9(3)5-2/h9-11H,4-8H2,1-3H3. The molecule has 4 heteroatoms. The third-order valence-corrected chi connectivity index (χ3v) is 3.15. The molecular formula is C12H22BNO2. The summed E-state index contributed by atoms with van der Waals surface area (Å²) in [5.41, 5.74) is 0. The Hall–Kier alpha value is -0.505. The van der Waals surface area contributed by atoms with E-state index in [4.69, 9.17) is 12.6 Å². The first kappa shape index (κ1) is 13.6. The van der Waals surface area contributed by atoms with E-state index in [9.17, 15) is 4.79 Å². The molecule has 3 nitrogen and oxygen atoms in total. The number of hydrogen-bond donors (Lipinski definition) is 0. The van der Waals surface area contributed by atoms with Crippen LogP contribution in [0.4, 0.5) is 0 Å². The first-order valence-corrected chi connectivity index (χ1v) is 6.28. The minimum Gasteiger partial charge on any atom is -0.381 e. The summed E-state index contributed by atoms with van der Waals surface area (Å²) in [6, 6.07) is -0.321. The van der Waals surface area contributed by atoms with Gasteiger partial charge >= 0.3 is 0 Å². The third-order valence-electron chi connectivity index (χ3n) is 3.15. The van der Waals surface area contributed by atoms with Crippen LogP contribution in [0.2, 0.25) is 0 Å². The second-order valence-electron chi connectivity index (χ2n) is 4.64. The van der Waals surface area contributed by atoms with Gasteiger partial charge in [0.15, 0.2) is 0 Å². The lowest BCUT2D eigenvalue weighted by Gasteiger charge is -2.38. The van der Waals surface area contributed by atoms with E-state index in [1.807, 2.05) is 18.7 Å². The Kier molecular flexibility index (Phi) is 5.33. The molecule has 3 atom stereocenters. The molecule has 1 aliphatic heterocycles. The number of morpholine rings is 1. The molecule has 3 unspecified atom stereocenters. The van der Waals surface area contributed by atoms with Crippen molar-refractivity contribution in [2.45, 2.75) is 52.1 Å². The molecule has 1 heterocycles. The third kappa shape index (κ3) is 3.51. The molecule has 0 aromatic carbocycles. The van der Waals surface area contributed by atoms with Gasteiger partial charge in [-0.15, -0.1) is 0 Å². The van der Waals surface area contributed by atoms with E-state index in [2.05, 4.69) is 6.92 Å². The molecule has 16 heavy (non-hydrogen) atoms. The summed E-state index contributed by atoms with van der Waals surface area (Å²) in [5, 5.41) is 0. The monoisotopic (exact) mass is 223 g/mol. The fourth-order valence-electron chi connectivity index (χ4n) is 2.02. The number of nitrogens with zero attached hydrogens (tertiary/aromatic N) is 1. The van der Waals surface area contributed by atoms with Crippen molar-refractivity contribution in [3.8, 4) is 0 Å². The average Bonchev–Trinajstić information content (AvgIpc) is 2.26. The molecule has 1 fully saturated rings. The van der Waals surface area contributed by atoms with Crippen molar-refractivity contribution in [1.82, 2.24) is 4.90 Å². The highest BCUT2D eigenvalue weighted by Gasteiger charge is 2.29. The van der Waals surface area contributed by atoms with Crippen LogP contribution in [0.5, 0.6) is 0 Å². The van der Waals surface area contributed by atoms with Crippen LogP contribution in [0.25, 0.3) is 0 Å². The Labute approximate surface area is 99.9 Å². The van der Waals surface area contributed by atoms with Gasteiger partial charge < -0.3 is 9.64 Å². The maximum absolute atomic E-state index is 12.0. The molecule has 1 aliphatic rings. The van der Waals surface area contributed by atoms with Gasteiger partial charge in [-0.25, -0.2) is 0 Å². The highest BCUT2D eigenvalue weighted by atomic mass is 16.5. The zero-order valence-corrected chi connectivity index (χ0v) is 10.6. The number of hydrogen-bond acceptors (Lipinski definition) is 2. The number of rotatable bonds is 4. The average molecular weight is 223 g/mol. The largest absolute Gasteiger partial charge is 0.381 e. The van der Waals surface area contributed by atoms with Crippen molar-refractivity contribution in [2.75, 3.05) is 13.1 Å². The van der Waals surface area contributed by atoms with Crippen LogP contribution in [0.3, 0.4) is 0 Å². The van der Waals surface area contributed by atoms with Crippen LogP contribution < -0.4 is 0 Å². The van der Waals surface area contributed by atoms with Crippen molar-refractivity contribution >= 4 is 13.8 Å². The van der Waals surface area contributed by atoms with Crippen molar-refractivity contribution in [3.63, 3.8) is 0 Å². The minimum atomic E-state index is -0.321. The van der Waals surface area contributed by atoms with E-state index in [0.29, 0.717) is 13.1 Å². The summed E-state index contributed by atoms with van der Waals surface area (Å²) < 4.78 is 5.60. The molecule has 2 radical (unpaired) electrons. The molecule has 0 saturated carbocycles. The fraction of sp³-hybridized carbons (Fsp3) is 0.917. The van der Waals surface area contributed by atoms with Crippen molar-refractivity contribution in [3.05, 3.63) is 0 Å². The molecule has 0 aromatic heterocycles. The van der Waals surface area contributed by atoms with Crippen molar-refractivity contribution in [2.24, 2.45) is 5.92 Å². The Bertz CT molecular complexity index is 235. The lowest BCUT2D eigenvalue weighted by atomic mass is 9.95. The van der Waals surface area contributed by atoms with E-state index in [-0.39, 0.29) is 23.9 Å². The van der Waals surface area contributed by atoms with Gasteiger partial charge in [-0.05, 0) is 12.8 Å². The van der Waals surface area contributed by atoms with Crippen molar-refractivity contribution in [1.29, 1.82) is 0 Å². The molecule has 0 N–H and O–H groups in total. The molecule has 0 aliphatic carbocycles. The first-order chi connectivity index (χ1) is 7.58. The summed E-state index contributed by atoms with van der Waals surface area (Å²) in [7, 11) is 5.81. The van der Waals surface area contributed by atoms with E-state index in [0.717, 1.165) is 19.3 Å². The molecule has 1 amide bonds. The molecule has 0 spiro atoms. The van der Waals surface area contributed by atoms with Gasteiger partial charge in [0, 0.05) is 25.0 Å². The van der Waals surface area contributed by atoms with E-state index in [1.165, 1.54) is 0 Å². The highest BCUT2D eigenvalue weighted by Crippen LogP contribution is 2.17. The number of amides is 1. The number of ether oxygens (including phenoxy) is 1. The van der Waals surface area contributed by atoms with E-state index < -0.39 is 0 Å². The molecule has 0 aromatic rings. The summed E-state index contributed by atoms with van der Waals surface area (Å²) in [6.45, 7) is 7.35. The van der Waals surface area contributed by atoms with Gasteiger partial charge in [0.25, 0.3) is 0 Å². The quantitative estimate of drug-likeness (QED) is 0.677. The predicted molar refractivity (Wildman–Crippen MR) is 65.4 cm³/mol. The lowest BCUT2D eigenvalue weighted by Crippen LogP contribution is -2.51. The maximum Gasteiger partial charge on any atom is 0.225 e. The van der Waals surface area contributed by atoms with E-state index in [1.54, 1.807) is 0 Å². The van der Waals surface area contributed by atoms with Crippen LogP contribution >= 0.6 is 0 Å². The molecule has 1 rings (SSSR count). The maximum atomic E-state index is 12.0. The van der Waals surface area contributed by atoms with Gasteiger partial charge in [0.2, 0.25) is 5.91 Å². The van der Waals surface area contributed by atoms with E-state index >= 15 is 0 Å². The number of carbonyl (C=O) groups excluding carboxylic acids is 1. The summed E-state index contributed by atoms with van der Waals surface area (Å²) >= 11 is 0. The SMILES string of the molecule is [B]C1CN(C(=O)C(C)CC)CC(CCC)O1. The zero-order chi connectivity index (χ0) is 12.1. The van der Waals surface area contributed by atoms with Crippen LogP contribution in [-0.2, 0) is 9.53 Å². The summed E-state index contributed by atoms with van der Waals surface area (Å²) in [5.74, 6) is 0.301. The molecule has 1 saturated heterocycles. The smallest absolute Gasteiger partial charge is 0.225 e. The Morgan fingerprint density at radius 3 is 2.75 bits per heavy atom. The Morgan fingerprint density at radius 1 is 1.50 bits per heavy atom. The fourth-order valence-corrected chi connectivity index (χ4v) is 2.02. The van der Waals surface area contributed by atoms with Gasteiger partial charge in [0.05, 0.1) is 6.10 Å². The van der Waals surface area contributed by atoms with Gasteiger partial charge in [-0.1, -0.05) is 27.2 Å². The topological polar surface area (TPSA) is 29.5 Å². The Morgan fingerprint density at radius 2 is 2.19 bits per heavy atom. The van der Waals surface area contributed by atoms with Crippen molar-refractivity contribution < 1.29 is 9.53 Å². The zero-order valence-electron chi connectivity index (χ0n) is 10.6. The van der Waals surface area contributed by atoms with Gasteiger partial charge in [-0.2, -0.15) is 0 Å². The summed E-state index contributed by atoms with van der Waals surface area (Å²) in [6.07, 6.45) is 3.02. The van der Waals surface area contributed by atoms with Gasteiger partial charge in [0.1, 0.15) is 7.85 Å². The summed E-state index contributed by atoms with van der Waals surface area (Å²) in [4.78, 5) is 13.9. The van der Waals surface area contributed by atoms with Crippen LogP contribution in [0.1, 0.15) is 40.0 Å². The molecular weight excluding hydrogens is 201 g/mol. The normalized spacial score (nSPS) is 27.8. The molecule has 0 bridgehead atoms. The van der Waals surface area contributed by atoms with Gasteiger partial charge in [-0.3, -0.25) is 4.79 Å². The van der Waals surface area contributed by atoms with Crippen LogP contribution in [-0.4, -0.2) is 43.9 Å². The Balaban J connectivity index is 2.56. The lowest BCUT2D eigenvalue weighted by molar-refractivity contribution is -0.145. The van der Waals surface area contributed by atoms with Crippen LogP contribution in [0, 0.1) is 5.92 Å². The second-order valence-corrected chi connectivity index (χ2v) is 4.64.